The van der Waals surface area contributed by atoms with E-state index in [2.05, 4.69) is 10.5 Å². The molecule has 0 unspecified atom stereocenters. The van der Waals surface area contributed by atoms with Gasteiger partial charge in [0.1, 0.15) is 11.6 Å². The molecule has 23 heavy (non-hydrogen) atoms. The lowest BCUT2D eigenvalue weighted by Crippen LogP contribution is -2.20. The zero-order valence-electron chi connectivity index (χ0n) is 12.0. The molecule has 0 atom stereocenters. The molecule has 6 nitrogen and oxygen atoms in total. The number of rotatable bonds is 5. The zero-order valence-corrected chi connectivity index (χ0v) is 12.8. The molecular weight excluding hydrogens is 327 g/mol. The molecule has 1 N–H and O–H groups in total. The van der Waals surface area contributed by atoms with E-state index in [0.717, 1.165) is 6.08 Å². The van der Waals surface area contributed by atoms with Gasteiger partial charge in [0.2, 0.25) is 0 Å². The van der Waals surface area contributed by atoms with Gasteiger partial charge in [-0.3, -0.25) is 4.79 Å². The van der Waals surface area contributed by atoms with Gasteiger partial charge in [0.15, 0.2) is 12.4 Å². The molecule has 8 heteroatoms. The fraction of sp³-hybridized carbons (Fsp3) is 0.133. The largest absolute Gasteiger partial charge is 0.452 e. The van der Waals surface area contributed by atoms with Gasteiger partial charge in [-0.2, -0.15) is 0 Å². The van der Waals surface area contributed by atoms with Crippen LogP contribution in [0.4, 0.5) is 10.2 Å². The lowest BCUT2D eigenvalue weighted by molar-refractivity contribution is -0.142. The van der Waals surface area contributed by atoms with Gasteiger partial charge in [0.25, 0.3) is 5.91 Å². The van der Waals surface area contributed by atoms with Gasteiger partial charge in [-0.25, -0.2) is 9.18 Å². The van der Waals surface area contributed by atoms with Gasteiger partial charge in [-0.05, 0) is 30.7 Å². The van der Waals surface area contributed by atoms with E-state index in [1.54, 1.807) is 6.92 Å². The van der Waals surface area contributed by atoms with Crippen molar-refractivity contribution >= 4 is 35.4 Å². The summed E-state index contributed by atoms with van der Waals surface area (Å²) in [5.41, 5.74) is 0.524. The summed E-state index contributed by atoms with van der Waals surface area (Å²) >= 11 is 5.62. The molecule has 0 fully saturated rings. The number of esters is 1. The highest BCUT2D eigenvalue weighted by atomic mass is 35.5. The number of amides is 1. The van der Waals surface area contributed by atoms with E-state index >= 15 is 0 Å². The van der Waals surface area contributed by atoms with Crippen molar-refractivity contribution in [1.29, 1.82) is 0 Å². The number of carbonyl (C=O) groups excluding carboxylic acids is 2. The number of anilines is 1. The van der Waals surface area contributed by atoms with Crippen LogP contribution >= 0.6 is 11.6 Å². The van der Waals surface area contributed by atoms with Crippen LogP contribution in [0.3, 0.4) is 0 Å². The summed E-state index contributed by atoms with van der Waals surface area (Å²) in [6.07, 6.45) is 2.50. The third-order valence-electron chi connectivity index (χ3n) is 2.60. The summed E-state index contributed by atoms with van der Waals surface area (Å²) in [6.45, 7) is 1.20. The third kappa shape index (κ3) is 5.23. The van der Waals surface area contributed by atoms with Crippen LogP contribution in [-0.4, -0.2) is 23.6 Å². The molecule has 0 aliphatic heterocycles. The van der Waals surface area contributed by atoms with Gasteiger partial charge < -0.3 is 14.6 Å². The van der Waals surface area contributed by atoms with E-state index in [1.807, 2.05) is 0 Å². The third-order valence-corrected chi connectivity index (χ3v) is 2.89. The standard InChI is InChI=1S/C15H12ClFN2O4/c1-9-6-13(19-23-9)18-14(20)8-22-15(21)5-3-10-2-4-12(17)11(16)7-10/h2-7H,8H2,1H3,(H,18,19,20)/b5-3+. The Morgan fingerprint density at radius 1 is 1.43 bits per heavy atom. The fourth-order valence-electron chi connectivity index (χ4n) is 1.57. The second-order valence-corrected chi connectivity index (χ2v) is 4.89. The Bertz CT molecular complexity index is 758. The molecule has 2 rings (SSSR count). The van der Waals surface area contributed by atoms with Crippen molar-refractivity contribution in [2.45, 2.75) is 6.92 Å². The van der Waals surface area contributed by atoms with E-state index in [1.165, 1.54) is 30.3 Å². The Balaban J connectivity index is 1.81. The molecule has 120 valence electrons. The number of ether oxygens (including phenoxy) is 1. The first-order valence-electron chi connectivity index (χ1n) is 6.47. The Hall–Kier alpha value is -2.67. The van der Waals surface area contributed by atoms with Gasteiger partial charge in [-0.1, -0.05) is 22.8 Å². The molecule has 1 aromatic heterocycles. The smallest absolute Gasteiger partial charge is 0.331 e. The summed E-state index contributed by atoms with van der Waals surface area (Å²) in [6, 6.07) is 5.52. The monoisotopic (exact) mass is 338 g/mol. The number of carbonyl (C=O) groups is 2. The second-order valence-electron chi connectivity index (χ2n) is 4.49. The first kappa shape index (κ1) is 16.7. The average molecular weight is 339 g/mol. The van der Waals surface area contributed by atoms with Crippen LogP contribution in [0.15, 0.2) is 34.9 Å². The van der Waals surface area contributed by atoms with Crippen LogP contribution in [0.1, 0.15) is 11.3 Å². The van der Waals surface area contributed by atoms with E-state index in [4.69, 9.17) is 20.9 Å². The van der Waals surface area contributed by atoms with Crippen LogP contribution < -0.4 is 5.32 Å². The van der Waals surface area contributed by atoms with Crippen LogP contribution in [0.2, 0.25) is 5.02 Å². The molecule has 2 aromatic rings. The molecule has 0 bridgehead atoms. The number of aryl methyl sites for hydroxylation is 1. The number of hydrogen-bond acceptors (Lipinski definition) is 5. The van der Waals surface area contributed by atoms with Gasteiger partial charge in [0.05, 0.1) is 5.02 Å². The van der Waals surface area contributed by atoms with Crippen LogP contribution in [0.25, 0.3) is 6.08 Å². The van der Waals surface area contributed by atoms with Crippen LogP contribution in [-0.2, 0) is 14.3 Å². The van der Waals surface area contributed by atoms with E-state index in [0.29, 0.717) is 11.3 Å². The maximum atomic E-state index is 13.0. The highest BCUT2D eigenvalue weighted by Gasteiger charge is 2.08. The number of hydrogen-bond donors (Lipinski definition) is 1. The highest BCUT2D eigenvalue weighted by molar-refractivity contribution is 6.30. The number of nitrogens with zero attached hydrogens (tertiary/aromatic N) is 1. The number of benzene rings is 1. The Morgan fingerprint density at radius 3 is 2.87 bits per heavy atom. The fourth-order valence-corrected chi connectivity index (χ4v) is 1.76. The van der Waals surface area contributed by atoms with E-state index < -0.39 is 24.3 Å². The molecule has 1 aromatic carbocycles. The summed E-state index contributed by atoms with van der Waals surface area (Å²) in [5.74, 6) is -1.05. The summed E-state index contributed by atoms with van der Waals surface area (Å²) in [5, 5.41) is 5.92. The zero-order chi connectivity index (χ0) is 16.8. The second kappa shape index (κ2) is 7.55. The van der Waals surface area contributed by atoms with Gasteiger partial charge in [0, 0.05) is 12.1 Å². The normalized spacial score (nSPS) is 10.7. The summed E-state index contributed by atoms with van der Waals surface area (Å²) < 4.78 is 22.5. The minimum absolute atomic E-state index is 0.0530. The van der Waals surface area contributed by atoms with Crippen molar-refractivity contribution in [3.05, 3.63) is 52.5 Å². The molecule has 1 amide bonds. The quantitative estimate of drug-likeness (QED) is 0.669. The lowest BCUT2D eigenvalue weighted by Gasteiger charge is -2.01. The van der Waals surface area contributed by atoms with Crippen LogP contribution in [0.5, 0.6) is 0 Å². The molecule has 0 aliphatic carbocycles. The Kier molecular flexibility index (Phi) is 5.48. The SMILES string of the molecule is Cc1cc(NC(=O)COC(=O)/C=C/c2ccc(F)c(Cl)c2)no1. The predicted octanol–water partition coefficient (Wildman–Crippen LogP) is 2.97. The minimum atomic E-state index is -0.725. The minimum Gasteiger partial charge on any atom is -0.452 e. The van der Waals surface area contributed by atoms with Crippen LogP contribution in [0, 0.1) is 12.7 Å². The summed E-state index contributed by atoms with van der Waals surface area (Å²) in [4.78, 5) is 23.0. The van der Waals surface area contributed by atoms with Crippen molar-refractivity contribution < 1.29 is 23.2 Å². The van der Waals surface area contributed by atoms with E-state index in [9.17, 15) is 14.0 Å². The molecule has 0 spiro atoms. The topological polar surface area (TPSA) is 81.4 Å². The lowest BCUT2D eigenvalue weighted by atomic mass is 10.2. The predicted molar refractivity (Wildman–Crippen MR) is 81.3 cm³/mol. The van der Waals surface area contributed by atoms with E-state index in [-0.39, 0.29) is 10.8 Å². The van der Waals surface area contributed by atoms with Crippen molar-refractivity contribution in [3.8, 4) is 0 Å². The molecule has 0 radical (unpaired) electrons. The number of halogens is 2. The molecule has 1 heterocycles. The molecule has 0 saturated heterocycles. The maximum absolute atomic E-state index is 13.0. The van der Waals surface area contributed by atoms with Gasteiger partial charge in [-0.15, -0.1) is 0 Å². The van der Waals surface area contributed by atoms with Crippen molar-refractivity contribution in [2.75, 3.05) is 11.9 Å². The highest BCUT2D eigenvalue weighted by Crippen LogP contribution is 2.16. The Labute approximate surface area is 135 Å². The average Bonchev–Trinajstić information content (AvgIpc) is 2.91. The Morgan fingerprint density at radius 2 is 2.22 bits per heavy atom. The van der Waals surface area contributed by atoms with Crippen molar-refractivity contribution in [3.63, 3.8) is 0 Å². The first-order chi connectivity index (χ1) is 10.9. The van der Waals surface area contributed by atoms with Crippen molar-refractivity contribution in [1.82, 2.24) is 5.16 Å². The molecular formula is C15H12ClFN2O4. The number of nitrogens with one attached hydrogen (secondary N) is 1. The summed E-state index contributed by atoms with van der Waals surface area (Å²) in [7, 11) is 0. The number of aromatic nitrogens is 1. The van der Waals surface area contributed by atoms with Crippen molar-refractivity contribution in [2.24, 2.45) is 0 Å². The maximum Gasteiger partial charge on any atom is 0.331 e. The molecule has 0 aliphatic rings. The first-order valence-corrected chi connectivity index (χ1v) is 6.85. The molecule has 0 saturated carbocycles. The van der Waals surface area contributed by atoms with Gasteiger partial charge >= 0.3 is 5.97 Å².